The number of fused-ring (bicyclic) bond motifs is 1. The highest BCUT2D eigenvalue weighted by molar-refractivity contribution is 5.97. The van der Waals surface area contributed by atoms with Crippen molar-refractivity contribution in [1.82, 2.24) is 0 Å². The van der Waals surface area contributed by atoms with Gasteiger partial charge in [0.1, 0.15) is 0 Å². The van der Waals surface area contributed by atoms with Gasteiger partial charge in [-0.25, -0.2) is 0 Å². The normalized spacial score (nSPS) is 23.0. The number of hydrogen-bond acceptors (Lipinski definition) is 4. The number of benzene rings is 1. The number of ether oxygens (including phenoxy) is 2. The molecule has 3 rings (SSSR count). The van der Waals surface area contributed by atoms with Crippen LogP contribution in [0, 0.1) is 0 Å². The van der Waals surface area contributed by atoms with Crippen molar-refractivity contribution in [3.05, 3.63) is 18.2 Å². The molecule has 0 aromatic heterocycles. The van der Waals surface area contributed by atoms with E-state index < -0.39 is 6.29 Å². The van der Waals surface area contributed by atoms with Crippen LogP contribution >= 0.6 is 0 Å². The van der Waals surface area contributed by atoms with Crippen LogP contribution in [-0.2, 0) is 4.79 Å². The summed E-state index contributed by atoms with van der Waals surface area (Å²) in [5.74, 6) is 1.12. The first-order valence-corrected chi connectivity index (χ1v) is 5.66. The van der Waals surface area contributed by atoms with Gasteiger partial charge in [0.05, 0.1) is 5.69 Å². The Morgan fingerprint density at radius 1 is 1.41 bits per heavy atom. The maximum atomic E-state index is 11.7. The standard InChI is InChI=1S/C12H13NO4/c14-10-5-2-6-13(10)8-3-1-4-9-12(8)17-11(15)7-16-9/h1,3-4,11,15H,2,5-7H2. The van der Waals surface area contributed by atoms with E-state index >= 15 is 0 Å². The predicted octanol–water partition coefficient (Wildman–Crippen LogP) is 0.903. The SMILES string of the molecule is O=C1CCCN1c1cccc2c1OC(O)CO2. The topological polar surface area (TPSA) is 59.0 Å². The van der Waals surface area contributed by atoms with Crippen LogP contribution in [-0.4, -0.2) is 30.5 Å². The fourth-order valence-corrected chi connectivity index (χ4v) is 2.18. The Bertz CT molecular complexity index is 460. The van der Waals surface area contributed by atoms with Gasteiger partial charge in [0.15, 0.2) is 18.1 Å². The van der Waals surface area contributed by atoms with Gasteiger partial charge in [0.25, 0.3) is 0 Å². The van der Waals surface area contributed by atoms with Crippen molar-refractivity contribution in [1.29, 1.82) is 0 Å². The van der Waals surface area contributed by atoms with Gasteiger partial charge in [0, 0.05) is 13.0 Å². The molecular formula is C12H13NO4. The van der Waals surface area contributed by atoms with E-state index in [1.165, 1.54) is 0 Å². The average molecular weight is 235 g/mol. The van der Waals surface area contributed by atoms with Gasteiger partial charge >= 0.3 is 0 Å². The van der Waals surface area contributed by atoms with Crippen LogP contribution in [0.1, 0.15) is 12.8 Å². The molecule has 2 heterocycles. The highest BCUT2D eigenvalue weighted by Crippen LogP contribution is 2.41. The molecule has 1 aromatic rings. The van der Waals surface area contributed by atoms with E-state index in [2.05, 4.69) is 0 Å². The number of nitrogens with zero attached hydrogens (tertiary/aromatic N) is 1. The number of hydrogen-bond donors (Lipinski definition) is 1. The number of aliphatic hydroxyl groups excluding tert-OH is 1. The summed E-state index contributed by atoms with van der Waals surface area (Å²) >= 11 is 0. The van der Waals surface area contributed by atoms with Crippen molar-refractivity contribution in [2.24, 2.45) is 0 Å². The lowest BCUT2D eigenvalue weighted by atomic mass is 10.2. The van der Waals surface area contributed by atoms with Crippen molar-refractivity contribution < 1.29 is 19.4 Å². The number of carbonyl (C=O) groups excluding carboxylic acids is 1. The molecule has 17 heavy (non-hydrogen) atoms. The summed E-state index contributed by atoms with van der Waals surface area (Å²) in [5, 5.41) is 9.44. The van der Waals surface area contributed by atoms with Gasteiger partial charge in [-0.3, -0.25) is 4.79 Å². The lowest BCUT2D eigenvalue weighted by Crippen LogP contribution is -2.31. The Hall–Kier alpha value is -1.75. The van der Waals surface area contributed by atoms with E-state index in [4.69, 9.17) is 9.47 Å². The third-order valence-electron chi connectivity index (χ3n) is 2.96. The Balaban J connectivity index is 2.02. The molecule has 0 bridgehead atoms. The molecule has 2 aliphatic heterocycles. The molecule has 0 aliphatic carbocycles. The molecule has 0 saturated carbocycles. The molecule has 0 radical (unpaired) electrons. The first-order valence-electron chi connectivity index (χ1n) is 5.66. The smallest absolute Gasteiger partial charge is 0.232 e. The molecule has 2 aliphatic rings. The largest absolute Gasteiger partial charge is 0.483 e. The molecule has 5 nitrogen and oxygen atoms in total. The van der Waals surface area contributed by atoms with Gasteiger partial charge in [-0.2, -0.15) is 0 Å². The number of para-hydroxylation sites is 1. The first-order chi connectivity index (χ1) is 8.25. The molecule has 1 unspecified atom stereocenters. The third-order valence-corrected chi connectivity index (χ3v) is 2.96. The number of rotatable bonds is 1. The van der Waals surface area contributed by atoms with Crippen molar-refractivity contribution in [3.63, 3.8) is 0 Å². The zero-order valence-electron chi connectivity index (χ0n) is 9.26. The maximum absolute atomic E-state index is 11.7. The Labute approximate surface area is 98.6 Å². The molecular weight excluding hydrogens is 222 g/mol. The highest BCUT2D eigenvalue weighted by atomic mass is 16.7. The summed E-state index contributed by atoms with van der Waals surface area (Å²) in [5.41, 5.74) is 0.684. The molecule has 5 heteroatoms. The van der Waals surface area contributed by atoms with Crippen LogP contribution in [0.5, 0.6) is 11.5 Å². The molecule has 0 spiro atoms. The van der Waals surface area contributed by atoms with Crippen molar-refractivity contribution in [2.45, 2.75) is 19.1 Å². The second kappa shape index (κ2) is 3.92. The number of carbonyl (C=O) groups is 1. The van der Waals surface area contributed by atoms with Crippen LogP contribution in [0.15, 0.2) is 18.2 Å². The lowest BCUT2D eigenvalue weighted by molar-refractivity contribution is -0.117. The fraction of sp³-hybridized carbons (Fsp3) is 0.417. The van der Waals surface area contributed by atoms with E-state index in [9.17, 15) is 9.90 Å². The van der Waals surface area contributed by atoms with E-state index in [0.717, 1.165) is 6.42 Å². The monoisotopic (exact) mass is 235 g/mol. The minimum atomic E-state index is -0.971. The predicted molar refractivity (Wildman–Crippen MR) is 60.2 cm³/mol. The van der Waals surface area contributed by atoms with Gasteiger partial charge in [-0.1, -0.05) is 6.07 Å². The molecule has 1 atom stereocenters. The van der Waals surface area contributed by atoms with E-state index in [1.54, 1.807) is 11.0 Å². The second-order valence-corrected chi connectivity index (χ2v) is 4.14. The molecule has 1 N–H and O–H groups in total. The fourth-order valence-electron chi connectivity index (χ4n) is 2.18. The van der Waals surface area contributed by atoms with Crippen LogP contribution in [0.2, 0.25) is 0 Å². The first kappa shape index (κ1) is 10.4. The van der Waals surface area contributed by atoms with Crippen molar-refractivity contribution in [2.75, 3.05) is 18.1 Å². The molecule has 1 aromatic carbocycles. The van der Waals surface area contributed by atoms with Crippen LogP contribution in [0.4, 0.5) is 5.69 Å². The molecule has 1 fully saturated rings. The highest BCUT2D eigenvalue weighted by Gasteiger charge is 2.29. The second-order valence-electron chi connectivity index (χ2n) is 4.14. The lowest BCUT2D eigenvalue weighted by Gasteiger charge is -2.27. The average Bonchev–Trinajstić information content (AvgIpc) is 2.74. The van der Waals surface area contributed by atoms with E-state index in [0.29, 0.717) is 30.2 Å². The third kappa shape index (κ3) is 1.72. The van der Waals surface area contributed by atoms with Gasteiger partial charge < -0.3 is 19.5 Å². The Morgan fingerprint density at radius 2 is 2.29 bits per heavy atom. The van der Waals surface area contributed by atoms with Gasteiger partial charge in [-0.15, -0.1) is 0 Å². The van der Waals surface area contributed by atoms with Crippen molar-refractivity contribution >= 4 is 11.6 Å². The molecule has 1 saturated heterocycles. The van der Waals surface area contributed by atoms with Gasteiger partial charge in [-0.05, 0) is 18.6 Å². The number of aliphatic hydroxyl groups is 1. The van der Waals surface area contributed by atoms with Crippen LogP contribution in [0.3, 0.4) is 0 Å². The van der Waals surface area contributed by atoms with Crippen LogP contribution in [0.25, 0.3) is 0 Å². The summed E-state index contributed by atoms with van der Waals surface area (Å²) in [6.45, 7) is 0.805. The zero-order chi connectivity index (χ0) is 11.8. The van der Waals surface area contributed by atoms with Gasteiger partial charge in [0.2, 0.25) is 12.2 Å². The maximum Gasteiger partial charge on any atom is 0.232 e. The minimum Gasteiger partial charge on any atom is -0.483 e. The molecule has 90 valence electrons. The Morgan fingerprint density at radius 3 is 3.06 bits per heavy atom. The Kier molecular flexibility index (Phi) is 2.40. The summed E-state index contributed by atoms with van der Waals surface area (Å²) < 4.78 is 10.7. The summed E-state index contributed by atoms with van der Waals surface area (Å²) in [4.78, 5) is 13.4. The number of amides is 1. The number of anilines is 1. The summed E-state index contributed by atoms with van der Waals surface area (Å²) in [7, 11) is 0. The zero-order valence-corrected chi connectivity index (χ0v) is 9.26. The van der Waals surface area contributed by atoms with E-state index in [-0.39, 0.29) is 12.5 Å². The quantitative estimate of drug-likeness (QED) is 0.785. The van der Waals surface area contributed by atoms with Crippen molar-refractivity contribution in [3.8, 4) is 11.5 Å². The minimum absolute atomic E-state index is 0.0852. The van der Waals surface area contributed by atoms with Crippen LogP contribution < -0.4 is 14.4 Å². The molecule has 1 amide bonds. The summed E-state index contributed by atoms with van der Waals surface area (Å²) in [6, 6.07) is 5.40. The van der Waals surface area contributed by atoms with E-state index in [1.807, 2.05) is 12.1 Å². The summed E-state index contributed by atoms with van der Waals surface area (Å²) in [6.07, 6.45) is 0.445.